The Morgan fingerprint density at radius 2 is 2.44 bits per heavy atom. The lowest BCUT2D eigenvalue weighted by Crippen LogP contribution is -2.27. The first-order valence-electron chi connectivity index (χ1n) is 2.58. The molecule has 0 aliphatic carbocycles. The molecule has 1 unspecified atom stereocenters. The molecule has 9 heavy (non-hydrogen) atoms. The van der Waals surface area contributed by atoms with Gasteiger partial charge in [0.1, 0.15) is 0 Å². The van der Waals surface area contributed by atoms with Gasteiger partial charge < -0.3 is 10.2 Å². The third-order valence-corrected chi connectivity index (χ3v) is 4.73. The standard InChI is InChI=1S/C4H8O3S2/c5-1-4-3(6)2-8-9(4)7/h3-6H,1-2H2/t3-,4-,9?/m1/s1. The lowest BCUT2D eigenvalue weighted by molar-refractivity contribution is 0.161. The van der Waals surface area contributed by atoms with Crippen LogP contribution in [0.15, 0.2) is 0 Å². The van der Waals surface area contributed by atoms with Crippen LogP contribution in [-0.4, -0.2) is 38.1 Å². The molecule has 1 aliphatic rings. The van der Waals surface area contributed by atoms with Gasteiger partial charge in [0.05, 0.1) is 27.8 Å². The van der Waals surface area contributed by atoms with Crippen molar-refractivity contribution in [2.45, 2.75) is 11.4 Å². The Labute approximate surface area is 59.3 Å². The van der Waals surface area contributed by atoms with Gasteiger partial charge in [-0.25, -0.2) is 4.21 Å². The Bertz CT molecular complexity index is 127. The fourth-order valence-corrected chi connectivity index (χ4v) is 3.83. The van der Waals surface area contributed by atoms with E-state index in [9.17, 15) is 4.21 Å². The molecule has 3 atom stereocenters. The lowest BCUT2D eigenvalue weighted by atomic mass is 10.3. The predicted molar refractivity (Wildman–Crippen MR) is 37.5 cm³/mol. The minimum absolute atomic E-state index is 0.180. The second-order valence-electron chi connectivity index (χ2n) is 1.83. The van der Waals surface area contributed by atoms with Gasteiger partial charge in [-0.15, -0.1) is 0 Å². The van der Waals surface area contributed by atoms with Crippen LogP contribution in [-0.2, 0) is 9.83 Å². The zero-order valence-electron chi connectivity index (χ0n) is 4.69. The van der Waals surface area contributed by atoms with Crippen LogP contribution in [0.5, 0.6) is 0 Å². The van der Waals surface area contributed by atoms with Crippen molar-refractivity contribution in [2.24, 2.45) is 0 Å². The van der Waals surface area contributed by atoms with Crippen molar-refractivity contribution in [3.05, 3.63) is 0 Å². The molecule has 0 aromatic heterocycles. The van der Waals surface area contributed by atoms with E-state index < -0.39 is 21.2 Å². The fourth-order valence-electron chi connectivity index (χ4n) is 0.642. The zero-order valence-corrected chi connectivity index (χ0v) is 6.32. The molecule has 1 fully saturated rings. The normalized spacial score (nSPS) is 43.6. The molecule has 0 radical (unpaired) electrons. The monoisotopic (exact) mass is 168 g/mol. The first-order chi connectivity index (χ1) is 4.25. The van der Waals surface area contributed by atoms with Gasteiger partial charge in [0, 0.05) is 5.75 Å². The molecule has 0 saturated carbocycles. The Morgan fingerprint density at radius 3 is 2.67 bits per heavy atom. The third kappa shape index (κ3) is 1.46. The zero-order chi connectivity index (χ0) is 6.85. The minimum atomic E-state index is -1.07. The molecule has 5 heteroatoms. The largest absolute Gasteiger partial charge is 0.395 e. The summed E-state index contributed by atoms with van der Waals surface area (Å²) in [5, 5.41) is 17.1. The van der Waals surface area contributed by atoms with Crippen LogP contribution in [0.25, 0.3) is 0 Å². The summed E-state index contributed by atoms with van der Waals surface area (Å²) in [7, 11) is 0.126. The van der Waals surface area contributed by atoms with Crippen LogP contribution >= 0.6 is 10.8 Å². The van der Waals surface area contributed by atoms with E-state index in [2.05, 4.69) is 0 Å². The van der Waals surface area contributed by atoms with E-state index >= 15 is 0 Å². The summed E-state index contributed by atoms with van der Waals surface area (Å²) >= 11 is 0. The maximum atomic E-state index is 10.8. The number of aliphatic hydroxyl groups is 2. The molecule has 1 heterocycles. The molecule has 0 amide bonds. The molecule has 0 spiro atoms. The average Bonchev–Trinajstić information content (AvgIpc) is 2.12. The summed E-state index contributed by atoms with van der Waals surface area (Å²) in [4.78, 5) is 0. The van der Waals surface area contributed by atoms with Crippen LogP contribution in [0.4, 0.5) is 0 Å². The Kier molecular flexibility index (Phi) is 2.51. The van der Waals surface area contributed by atoms with Gasteiger partial charge in [0.25, 0.3) is 0 Å². The van der Waals surface area contributed by atoms with Crippen molar-refractivity contribution in [1.82, 2.24) is 0 Å². The van der Waals surface area contributed by atoms with Gasteiger partial charge in [-0.1, -0.05) is 10.8 Å². The number of aliphatic hydroxyl groups excluding tert-OH is 2. The second-order valence-corrected chi connectivity index (χ2v) is 5.22. The Balaban J connectivity index is 2.55. The van der Waals surface area contributed by atoms with Gasteiger partial charge in [0.2, 0.25) is 0 Å². The van der Waals surface area contributed by atoms with E-state index in [0.29, 0.717) is 5.75 Å². The van der Waals surface area contributed by atoms with E-state index in [1.807, 2.05) is 0 Å². The molecule has 3 nitrogen and oxygen atoms in total. The Morgan fingerprint density at radius 1 is 1.78 bits per heavy atom. The van der Waals surface area contributed by atoms with Crippen molar-refractivity contribution in [3.8, 4) is 0 Å². The van der Waals surface area contributed by atoms with Gasteiger partial charge in [-0.05, 0) is 0 Å². The maximum Gasteiger partial charge on any atom is 0.0947 e. The highest BCUT2D eigenvalue weighted by Crippen LogP contribution is 2.25. The highest BCUT2D eigenvalue weighted by atomic mass is 33.1. The molecule has 0 aromatic rings. The molecule has 0 aromatic carbocycles. The van der Waals surface area contributed by atoms with Gasteiger partial charge >= 0.3 is 0 Å². The summed E-state index contributed by atoms with van der Waals surface area (Å²) in [5.74, 6) is 0.484. The van der Waals surface area contributed by atoms with E-state index in [1.54, 1.807) is 0 Å². The molecule has 2 N–H and O–H groups in total. The highest BCUT2D eigenvalue weighted by Gasteiger charge is 2.32. The lowest BCUT2D eigenvalue weighted by Gasteiger charge is -2.05. The topological polar surface area (TPSA) is 57.5 Å². The third-order valence-electron chi connectivity index (χ3n) is 1.21. The average molecular weight is 168 g/mol. The summed E-state index contributed by atoms with van der Waals surface area (Å²) < 4.78 is 10.8. The van der Waals surface area contributed by atoms with E-state index in [0.717, 1.165) is 0 Å². The van der Waals surface area contributed by atoms with Crippen molar-refractivity contribution < 1.29 is 14.4 Å². The van der Waals surface area contributed by atoms with E-state index in [4.69, 9.17) is 10.2 Å². The van der Waals surface area contributed by atoms with Crippen LogP contribution in [0.1, 0.15) is 0 Å². The van der Waals surface area contributed by atoms with Crippen molar-refractivity contribution >= 4 is 20.6 Å². The molecular weight excluding hydrogens is 160 g/mol. The Hall–Kier alpha value is 0.420. The van der Waals surface area contributed by atoms with E-state index in [1.165, 1.54) is 10.8 Å². The molecule has 1 rings (SSSR count). The summed E-state index contributed by atoms with van der Waals surface area (Å²) in [5.41, 5.74) is 0. The van der Waals surface area contributed by atoms with Crippen LogP contribution in [0.2, 0.25) is 0 Å². The molecule has 0 bridgehead atoms. The van der Waals surface area contributed by atoms with Crippen molar-refractivity contribution in [2.75, 3.05) is 12.4 Å². The summed E-state index contributed by atoms with van der Waals surface area (Å²) in [6.45, 7) is -0.180. The fraction of sp³-hybridized carbons (Fsp3) is 1.00. The number of hydrogen-bond donors (Lipinski definition) is 2. The smallest absolute Gasteiger partial charge is 0.0947 e. The van der Waals surface area contributed by atoms with Crippen molar-refractivity contribution in [3.63, 3.8) is 0 Å². The van der Waals surface area contributed by atoms with Crippen LogP contribution < -0.4 is 0 Å². The first kappa shape index (κ1) is 7.53. The molecular formula is C4H8O3S2. The molecule has 54 valence electrons. The number of hydrogen-bond acceptors (Lipinski definition) is 4. The SMILES string of the molecule is O=S1SC[C@@H](O)[C@H]1CO. The van der Waals surface area contributed by atoms with Gasteiger partial charge in [-0.3, -0.25) is 0 Å². The minimum Gasteiger partial charge on any atom is -0.395 e. The summed E-state index contributed by atoms with van der Waals surface area (Å²) in [6, 6.07) is 0. The quantitative estimate of drug-likeness (QED) is 0.499. The van der Waals surface area contributed by atoms with E-state index in [-0.39, 0.29) is 6.61 Å². The second kappa shape index (κ2) is 3.01. The highest BCUT2D eigenvalue weighted by molar-refractivity contribution is 8.69. The van der Waals surface area contributed by atoms with Crippen LogP contribution in [0.3, 0.4) is 0 Å². The molecule has 1 saturated heterocycles. The predicted octanol–water partition coefficient (Wildman–Crippen LogP) is -0.881. The molecule has 1 aliphatic heterocycles. The first-order valence-corrected chi connectivity index (χ1v) is 5.30. The van der Waals surface area contributed by atoms with Gasteiger partial charge in [-0.2, -0.15) is 0 Å². The maximum absolute atomic E-state index is 10.8. The van der Waals surface area contributed by atoms with Crippen LogP contribution in [0, 0.1) is 0 Å². The van der Waals surface area contributed by atoms with Crippen molar-refractivity contribution in [1.29, 1.82) is 0 Å². The summed E-state index contributed by atoms with van der Waals surface area (Å²) in [6.07, 6.45) is -0.583. The number of rotatable bonds is 1. The van der Waals surface area contributed by atoms with Gasteiger partial charge in [0.15, 0.2) is 0 Å².